The van der Waals surface area contributed by atoms with Crippen LogP contribution in [-0.4, -0.2) is 34.7 Å². The SMILES string of the molecule is CC(C)(C)c1ccc(OP(=O)(O[O-])O[O-])cc1.CC(C)(C)c1ccc(OP(=O)(O[O-])O[O-])cc1.CC(C)(C)c1ccc(OP(=O)(O[O-])O[O-])cc1.[Al+3].[Al+3]. The molecule has 0 saturated heterocycles. The van der Waals surface area contributed by atoms with Crippen LogP contribution in [0.4, 0.5) is 0 Å². The Morgan fingerprint density at radius 1 is 0.358 bits per heavy atom. The van der Waals surface area contributed by atoms with Gasteiger partial charge >= 0.3 is 58.2 Å². The van der Waals surface area contributed by atoms with Gasteiger partial charge in [-0.3, -0.25) is 0 Å². The predicted molar refractivity (Wildman–Crippen MR) is 178 cm³/mol. The molecular weight excluding hydrogens is 795 g/mol. The molecule has 3 rings (SSSR count). The van der Waals surface area contributed by atoms with Crippen LogP contribution in [0.25, 0.3) is 0 Å². The van der Waals surface area contributed by atoms with E-state index in [1.54, 1.807) is 36.4 Å². The van der Waals surface area contributed by atoms with Crippen molar-refractivity contribution in [1.82, 2.24) is 0 Å². The van der Waals surface area contributed by atoms with Crippen LogP contribution in [0.1, 0.15) is 79.0 Å². The van der Waals surface area contributed by atoms with E-state index < -0.39 is 23.5 Å². The summed E-state index contributed by atoms with van der Waals surface area (Å²) >= 11 is 0. The minimum Gasteiger partial charge on any atom is -0.713 e. The molecule has 0 spiro atoms. The van der Waals surface area contributed by atoms with Gasteiger partial charge in [-0.15, -0.1) is 0 Å². The van der Waals surface area contributed by atoms with Gasteiger partial charge < -0.3 is 73.2 Å². The van der Waals surface area contributed by atoms with Crippen LogP contribution in [0, 0.1) is 0 Å². The number of hydrogen-bond acceptors (Lipinski definition) is 18. The van der Waals surface area contributed by atoms with E-state index in [9.17, 15) is 45.2 Å². The van der Waals surface area contributed by atoms with Crippen LogP contribution in [0.3, 0.4) is 0 Å². The van der Waals surface area contributed by atoms with Crippen LogP contribution in [0.15, 0.2) is 72.8 Å². The molecule has 3 aromatic rings. The van der Waals surface area contributed by atoms with Crippen LogP contribution in [-0.2, 0) is 58.0 Å². The third kappa shape index (κ3) is 18.7. The van der Waals surface area contributed by atoms with Crippen LogP contribution >= 0.6 is 23.5 Å². The van der Waals surface area contributed by atoms with Crippen molar-refractivity contribution in [1.29, 1.82) is 0 Å². The van der Waals surface area contributed by atoms with E-state index in [0.717, 1.165) is 16.7 Å². The molecule has 0 saturated carbocycles. The summed E-state index contributed by atoms with van der Waals surface area (Å²) in [5.74, 6) is 0.189. The summed E-state index contributed by atoms with van der Waals surface area (Å²) in [5, 5.41) is 60.0. The first-order valence-corrected chi connectivity index (χ1v) is 18.9. The van der Waals surface area contributed by atoms with Gasteiger partial charge in [-0.25, -0.2) is 13.7 Å². The second kappa shape index (κ2) is 22.8. The Kier molecular flexibility index (Phi) is 23.0. The molecule has 0 aliphatic heterocycles. The molecule has 18 nitrogen and oxygen atoms in total. The number of rotatable bonds is 12. The van der Waals surface area contributed by atoms with Gasteiger partial charge in [-0.2, -0.15) is 0 Å². The normalized spacial score (nSPS) is 12.1. The Bertz CT molecular complexity index is 1410. The van der Waals surface area contributed by atoms with Crippen molar-refractivity contribution in [3.05, 3.63) is 89.5 Å². The molecular formula is C30H39Al2O18P3. The summed E-state index contributed by atoms with van der Waals surface area (Å²) in [6.07, 6.45) is 0. The molecule has 0 N–H and O–H groups in total. The van der Waals surface area contributed by atoms with Crippen LogP contribution in [0.2, 0.25) is 0 Å². The fraction of sp³-hybridized carbons (Fsp3) is 0.400. The van der Waals surface area contributed by atoms with Gasteiger partial charge in [0.15, 0.2) is 0 Å². The maximum Gasteiger partial charge on any atom is 3.00 e. The maximum absolute atomic E-state index is 11.1. The molecule has 0 aliphatic rings. The predicted octanol–water partition coefficient (Wildman–Crippen LogP) is 2.40. The van der Waals surface area contributed by atoms with E-state index in [4.69, 9.17) is 0 Å². The summed E-state index contributed by atoms with van der Waals surface area (Å²) in [6.45, 7) is 18.2. The Hall–Kier alpha value is -1.67. The first kappa shape index (κ1) is 53.4. The van der Waals surface area contributed by atoms with Crippen LogP contribution in [0.5, 0.6) is 17.2 Å². The first-order valence-electron chi connectivity index (χ1n) is 14.5. The minimum atomic E-state index is -4.57. The number of benzene rings is 3. The van der Waals surface area contributed by atoms with E-state index in [1.807, 2.05) is 62.3 Å². The van der Waals surface area contributed by atoms with Gasteiger partial charge in [-0.1, -0.05) is 98.7 Å². The fourth-order valence-electron chi connectivity index (χ4n) is 3.56. The molecule has 0 unspecified atom stereocenters. The summed E-state index contributed by atoms with van der Waals surface area (Å²) in [5.41, 5.74) is 2.91. The van der Waals surface area contributed by atoms with Crippen LogP contribution < -0.4 is 45.1 Å². The minimum absolute atomic E-state index is 0. The third-order valence-electron chi connectivity index (χ3n) is 6.36. The van der Waals surface area contributed by atoms with E-state index in [0.29, 0.717) is 0 Å². The summed E-state index contributed by atoms with van der Waals surface area (Å²) in [6, 6.07) is 19.3. The van der Waals surface area contributed by atoms with Crippen molar-refractivity contribution in [2.75, 3.05) is 0 Å². The van der Waals surface area contributed by atoms with E-state index in [2.05, 4.69) is 41.6 Å². The van der Waals surface area contributed by atoms with Gasteiger partial charge in [0.25, 0.3) is 0 Å². The standard InChI is InChI=1S/3C10H15O6P.2Al/c3*1-10(2,3)8-4-6-9(7-5-8)14-17(13,15-11)16-12;;/h3*4-7,11-12H,1-3H3;;/q;;;2*+3/p-6. The maximum atomic E-state index is 11.1. The number of hydrogen-bond donors (Lipinski definition) is 0. The molecule has 3 aromatic carbocycles. The molecule has 0 bridgehead atoms. The van der Waals surface area contributed by atoms with Gasteiger partial charge in [0.2, 0.25) is 0 Å². The molecule has 0 radical (unpaired) electrons. The van der Waals surface area contributed by atoms with E-state index in [-0.39, 0.29) is 68.2 Å². The molecule has 0 amide bonds. The van der Waals surface area contributed by atoms with Gasteiger partial charge in [0.05, 0.1) is 0 Å². The molecule has 288 valence electrons. The van der Waals surface area contributed by atoms with Crippen molar-refractivity contribution >= 4 is 58.2 Å². The smallest absolute Gasteiger partial charge is 0.713 e. The second-order valence-electron chi connectivity index (χ2n) is 13.4. The van der Waals surface area contributed by atoms with Gasteiger partial charge in [-0.05, 0) is 69.3 Å². The molecule has 0 fully saturated rings. The van der Waals surface area contributed by atoms with Crippen molar-refractivity contribution in [2.45, 2.75) is 78.6 Å². The Morgan fingerprint density at radius 3 is 0.623 bits per heavy atom. The molecule has 0 atom stereocenters. The monoisotopic (exact) mass is 834 g/mol. The van der Waals surface area contributed by atoms with Crippen molar-refractivity contribution in [3.8, 4) is 17.2 Å². The summed E-state index contributed by atoms with van der Waals surface area (Å²) in [7, 11) is -13.7. The molecule has 23 heteroatoms. The Balaban J connectivity index is 0. The van der Waals surface area contributed by atoms with E-state index in [1.165, 1.54) is 36.4 Å². The molecule has 53 heavy (non-hydrogen) atoms. The fourth-order valence-corrected chi connectivity index (χ4v) is 4.96. The molecule has 0 heterocycles. The zero-order valence-corrected chi connectivity index (χ0v) is 35.3. The largest absolute Gasteiger partial charge is 3.00 e. The zero-order valence-electron chi connectivity index (χ0n) is 30.3. The van der Waals surface area contributed by atoms with Crippen molar-refractivity contribution in [3.63, 3.8) is 0 Å². The van der Waals surface area contributed by atoms with Crippen molar-refractivity contribution in [2.24, 2.45) is 0 Å². The Labute approximate surface area is 329 Å². The van der Waals surface area contributed by atoms with Crippen molar-refractivity contribution < 1.29 is 86.9 Å². The Morgan fingerprint density at radius 2 is 0.509 bits per heavy atom. The average molecular weight is 835 g/mol. The van der Waals surface area contributed by atoms with Gasteiger partial charge in [0.1, 0.15) is 17.2 Å². The quantitative estimate of drug-likeness (QED) is 0.110. The second-order valence-corrected chi connectivity index (χ2v) is 17.5. The topological polar surface area (TPSA) is 273 Å². The molecule has 0 aliphatic carbocycles. The summed E-state index contributed by atoms with van der Waals surface area (Å²) < 4.78 is 65.8. The summed E-state index contributed by atoms with van der Waals surface area (Å²) in [4.78, 5) is 0. The van der Waals surface area contributed by atoms with E-state index >= 15 is 0 Å². The average Bonchev–Trinajstić information content (AvgIpc) is 3.08. The third-order valence-corrected chi connectivity index (χ3v) is 8.76. The van der Waals surface area contributed by atoms with Gasteiger partial charge in [0, 0.05) is 0 Å². The molecule has 0 aromatic heterocycles. The number of phosphoric acid groups is 3. The zero-order chi connectivity index (χ0) is 39.3. The first-order chi connectivity index (χ1) is 23.4.